The average molecular weight is 333 g/mol. The summed E-state index contributed by atoms with van der Waals surface area (Å²) in [6.07, 6.45) is -1.93. The summed E-state index contributed by atoms with van der Waals surface area (Å²) in [7, 11) is 0. The van der Waals surface area contributed by atoms with Crippen LogP contribution in [0.5, 0.6) is 0 Å². The molecule has 0 aliphatic heterocycles. The molecule has 1 aromatic rings. The molecule has 0 spiro atoms. The minimum absolute atomic E-state index is 0.121. The molecule has 2 fully saturated rings. The van der Waals surface area contributed by atoms with Crippen LogP contribution >= 0.6 is 0 Å². The Labute approximate surface area is 132 Å². The Morgan fingerprint density at radius 1 is 1.35 bits per heavy atom. The highest BCUT2D eigenvalue weighted by molar-refractivity contribution is 5.03. The molecule has 1 atom stereocenters. The van der Waals surface area contributed by atoms with Crippen molar-refractivity contribution in [2.75, 3.05) is 0 Å². The van der Waals surface area contributed by atoms with Gasteiger partial charge in [0.05, 0.1) is 6.10 Å². The Kier molecular flexibility index (Phi) is 4.16. The van der Waals surface area contributed by atoms with E-state index in [1.54, 1.807) is 0 Å². The Morgan fingerprint density at radius 3 is 2.57 bits per heavy atom. The van der Waals surface area contributed by atoms with E-state index in [1.807, 2.05) is 6.92 Å². The van der Waals surface area contributed by atoms with Gasteiger partial charge in [0.1, 0.15) is 0 Å². The summed E-state index contributed by atoms with van der Waals surface area (Å²) in [5.74, 6) is 0.964. The van der Waals surface area contributed by atoms with Crippen molar-refractivity contribution in [2.45, 2.75) is 76.3 Å². The van der Waals surface area contributed by atoms with Gasteiger partial charge in [-0.05, 0) is 37.5 Å². The Bertz CT molecular complexity index is 548. The van der Waals surface area contributed by atoms with Gasteiger partial charge in [0.15, 0.2) is 0 Å². The fourth-order valence-electron chi connectivity index (χ4n) is 3.86. The normalized spacial score (nSPS) is 35.5. The number of ether oxygens (including phenoxy) is 1. The number of hydrogen-bond acceptors (Lipinski definition) is 5. The van der Waals surface area contributed by atoms with E-state index in [4.69, 9.17) is 10.2 Å². The minimum Gasteiger partial charge on any atom is -0.425 e. The van der Waals surface area contributed by atoms with Gasteiger partial charge in [-0.2, -0.15) is 0 Å². The number of hydrogen-bond donors (Lipinski definition) is 1. The van der Waals surface area contributed by atoms with Crippen LogP contribution in [0.25, 0.3) is 0 Å². The standard InChI is InChI=1S/C15H22F3N3O2/c1-8(5-14(2)6-10(19)7-14)12-20-21-13(22-12)9-3-11(4-9)23-15(16,17)18/h8-11H,3-7,19H2,1-2H3. The lowest BCUT2D eigenvalue weighted by atomic mass is 9.63. The molecule has 0 radical (unpaired) electrons. The molecule has 8 heteroatoms. The van der Waals surface area contributed by atoms with Gasteiger partial charge >= 0.3 is 6.36 Å². The molecule has 130 valence electrons. The van der Waals surface area contributed by atoms with Crippen molar-refractivity contribution in [2.24, 2.45) is 11.1 Å². The van der Waals surface area contributed by atoms with E-state index in [0.29, 0.717) is 11.8 Å². The minimum atomic E-state index is -4.58. The molecule has 0 saturated heterocycles. The smallest absolute Gasteiger partial charge is 0.425 e. The third kappa shape index (κ3) is 3.85. The van der Waals surface area contributed by atoms with Gasteiger partial charge in [0.2, 0.25) is 11.8 Å². The van der Waals surface area contributed by atoms with Gasteiger partial charge in [-0.25, -0.2) is 0 Å². The number of halogens is 3. The topological polar surface area (TPSA) is 74.2 Å². The highest BCUT2D eigenvalue weighted by Gasteiger charge is 2.43. The molecule has 1 heterocycles. The van der Waals surface area contributed by atoms with Crippen LogP contribution in [0.1, 0.15) is 69.6 Å². The molecule has 0 aromatic carbocycles. The van der Waals surface area contributed by atoms with Crippen LogP contribution in [0.3, 0.4) is 0 Å². The van der Waals surface area contributed by atoms with Gasteiger partial charge in [0, 0.05) is 17.9 Å². The second-order valence-corrected chi connectivity index (χ2v) is 7.42. The van der Waals surface area contributed by atoms with Crippen molar-refractivity contribution in [3.05, 3.63) is 11.8 Å². The molecule has 1 aromatic heterocycles. The summed E-state index contributed by atoms with van der Waals surface area (Å²) in [4.78, 5) is 0. The number of nitrogens with zero attached hydrogens (tertiary/aromatic N) is 2. The zero-order chi connectivity index (χ0) is 16.8. The van der Waals surface area contributed by atoms with Crippen molar-refractivity contribution < 1.29 is 22.3 Å². The van der Waals surface area contributed by atoms with Crippen molar-refractivity contribution in [3.8, 4) is 0 Å². The number of nitrogens with two attached hydrogens (primary N) is 1. The lowest BCUT2D eigenvalue weighted by Gasteiger charge is -2.44. The zero-order valence-electron chi connectivity index (χ0n) is 13.3. The zero-order valence-corrected chi connectivity index (χ0v) is 13.3. The van der Waals surface area contributed by atoms with E-state index in [2.05, 4.69) is 21.9 Å². The number of aromatic nitrogens is 2. The summed E-state index contributed by atoms with van der Waals surface area (Å²) >= 11 is 0. The lowest BCUT2D eigenvalue weighted by molar-refractivity contribution is -0.352. The SMILES string of the molecule is CC(CC1(C)CC(N)C1)c1nnc(C2CC(OC(F)(F)F)C2)o1. The summed E-state index contributed by atoms with van der Waals surface area (Å²) in [5.41, 5.74) is 6.07. The molecule has 3 rings (SSSR count). The summed E-state index contributed by atoms with van der Waals surface area (Å²) in [6.45, 7) is 4.23. The Morgan fingerprint density at radius 2 is 2.00 bits per heavy atom. The van der Waals surface area contributed by atoms with Crippen LogP contribution in [0, 0.1) is 5.41 Å². The quantitative estimate of drug-likeness (QED) is 0.893. The first-order valence-electron chi connectivity index (χ1n) is 7.97. The van der Waals surface area contributed by atoms with Crippen LogP contribution in [0.2, 0.25) is 0 Å². The maximum Gasteiger partial charge on any atom is 0.522 e. The number of rotatable bonds is 5. The molecule has 0 bridgehead atoms. The van der Waals surface area contributed by atoms with E-state index in [1.165, 1.54) is 0 Å². The lowest BCUT2D eigenvalue weighted by Crippen LogP contribution is -2.44. The van der Waals surface area contributed by atoms with E-state index in [-0.39, 0.29) is 36.1 Å². The van der Waals surface area contributed by atoms with Crippen LogP contribution < -0.4 is 5.73 Å². The summed E-state index contributed by atoms with van der Waals surface area (Å²) in [5, 5.41) is 8.07. The van der Waals surface area contributed by atoms with E-state index in [0.717, 1.165) is 19.3 Å². The Hall–Kier alpha value is -1.15. The summed E-state index contributed by atoms with van der Waals surface area (Å²) in [6, 6.07) is 0.283. The predicted molar refractivity (Wildman–Crippen MR) is 75.5 cm³/mol. The monoisotopic (exact) mass is 333 g/mol. The second-order valence-electron chi connectivity index (χ2n) is 7.42. The molecule has 2 aliphatic carbocycles. The third-order valence-corrected chi connectivity index (χ3v) is 4.93. The van der Waals surface area contributed by atoms with Crippen LogP contribution in [0.15, 0.2) is 4.42 Å². The molecular weight excluding hydrogens is 311 g/mol. The van der Waals surface area contributed by atoms with Crippen molar-refractivity contribution in [1.29, 1.82) is 0 Å². The second kappa shape index (κ2) is 5.73. The first-order chi connectivity index (χ1) is 10.6. The predicted octanol–water partition coefficient (Wildman–Crippen LogP) is 3.47. The maximum atomic E-state index is 12.1. The molecule has 23 heavy (non-hydrogen) atoms. The first kappa shape index (κ1) is 16.7. The van der Waals surface area contributed by atoms with E-state index < -0.39 is 12.5 Å². The van der Waals surface area contributed by atoms with Gasteiger partial charge in [-0.15, -0.1) is 23.4 Å². The largest absolute Gasteiger partial charge is 0.522 e. The van der Waals surface area contributed by atoms with Gasteiger partial charge in [-0.1, -0.05) is 13.8 Å². The molecule has 5 nitrogen and oxygen atoms in total. The van der Waals surface area contributed by atoms with E-state index in [9.17, 15) is 13.2 Å². The average Bonchev–Trinajstić information content (AvgIpc) is 2.79. The number of alkyl halides is 3. The van der Waals surface area contributed by atoms with Gasteiger partial charge in [-0.3, -0.25) is 4.74 Å². The fraction of sp³-hybridized carbons (Fsp3) is 0.867. The molecule has 0 amide bonds. The van der Waals surface area contributed by atoms with Gasteiger partial charge < -0.3 is 10.2 Å². The third-order valence-electron chi connectivity index (χ3n) is 4.93. The van der Waals surface area contributed by atoms with Crippen LogP contribution in [-0.2, 0) is 4.74 Å². The molecule has 1 unspecified atom stereocenters. The molecule has 2 aliphatic rings. The highest BCUT2D eigenvalue weighted by Crippen LogP contribution is 2.47. The summed E-state index contributed by atoms with van der Waals surface area (Å²) < 4.78 is 46.0. The molecular formula is C15H22F3N3O2. The Balaban J connectivity index is 1.51. The van der Waals surface area contributed by atoms with E-state index >= 15 is 0 Å². The molecule has 2 saturated carbocycles. The van der Waals surface area contributed by atoms with Crippen molar-refractivity contribution in [1.82, 2.24) is 10.2 Å². The van der Waals surface area contributed by atoms with Gasteiger partial charge in [0.25, 0.3) is 0 Å². The van der Waals surface area contributed by atoms with Crippen LogP contribution in [-0.4, -0.2) is 28.7 Å². The maximum absolute atomic E-state index is 12.1. The highest BCUT2D eigenvalue weighted by atomic mass is 19.4. The molecule has 2 N–H and O–H groups in total. The first-order valence-corrected chi connectivity index (χ1v) is 7.97. The fourth-order valence-corrected chi connectivity index (χ4v) is 3.86. The van der Waals surface area contributed by atoms with Crippen molar-refractivity contribution >= 4 is 0 Å². The van der Waals surface area contributed by atoms with Crippen molar-refractivity contribution in [3.63, 3.8) is 0 Å². The van der Waals surface area contributed by atoms with Crippen LogP contribution in [0.4, 0.5) is 13.2 Å².